The maximum Gasteiger partial charge on any atom is 0.343 e. The first-order valence-corrected chi connectivity index (χ1v) is 8.12. The molecule has 0 radical (unpaired) electrons. The van der Waals surface area contributed by atoms with Gasteiger partial charge in [0.15, 0.2) is 5.15 Å². The number of esters is 1. The summed E-state index contributed by atoms with van der Waals surface area (Å²) in [6, 6.07) is 0.533. The van der Waals surface area contributed by atoms with Crippen LogP contribution < -0.4 is 19.5 Å². The summed E-state index contributed by atoms with van der Waals surface area (Å²) in [5.74, 6) is -0.913. The summed E-state index contributed by atoms with van der Waals surface area (Å²) < 4.78 is 17.9. The number of hydrogen-bond donors (Lipinski definition) is 2. The maximum atomic E-state index is 12.1. The molecular weight excluding hydrogens is 402 g/mol. The van der Waals surface area contributed by atoms with Crippen LogP contribution in [0.1, 0.15) is 10.4 Å². The summed E-state index contributed by atoms with van der Waals surface area (Å²) >= 11 is 6.67. The molecule has 27 heavy (non-hydrogen) atoms. The summed E-state index contributed by atoms with van der Waals surface area (Å²) in [7, 11) is 4.08. The third-order valence-corrected chi connectivity index (χ3v) is 4.06. The van der Waals surface area contributed by atoms with Crippen LogP contribution >= 0.6 is 23.5 Å². The SMILES string of the molecule is COC(=O)c1c(Cl)nn(C)c1SNC(=O)Nc1nc(OC)cc(OC#N)n1. The number of ether oxygens (including phenoxy) is 3. The molecule has 2 aromatic rings. The number of urea groups is 1. The maximum absolute atomic E-state index is 12.1. The van der Waals surface area contributed by atoms with Crippen LogP contribution in [-0.2, 0) is 11.8 Å². The monoisotopic (exact) mass is 413 g/mol. The van der Waals surface area contributed by atoms with Crippen molar-refractivity contribution >= 4 is 41.5 Å². The fourth-order valence-corrected chi connectivity index (χ4v) is 2.78. The van der Waals surface area contributed by atoms with E-state index >= 15 is 0 Å². The van der Waals surface area contributed by atoms with Crippen molar-refractivity contribution in [2.45, 2.75) is 5.03 Å². The van der Waals surface area contributed by atoms with Crippen molar-refractivity contribution < 1.29 is 23.8 Å². The molecule has 142 valence electrons. The first kappa shape index (κ1) is 20.1. The molecule has 0 spiro atoms. The van der Waals surface area contributed by atoms with Gasteiger partial charge in [0.05, 0.1) is 20.3 Å². The van der Waals surface area contributed by atoms with Gasteiger partial charge < -0.3 is 14.2 Å². The van der Waals surface area contributed by atoms with E-state index in [0.717, 1.165) is 11.9 Å². The molecule has 0 saturated heterocycles. The van der Waals surface area contributed by atoms with Crippen molar-refractivity contribution in [1.29, 1.82) is 5.26 Å². The van der Waals surface area contributed by atoms with Crippen LogP contribution in [0.3, 0.4) is 0 Å². The molecule has 0 aromatic carbocycles. The molecular formula is C13H12ClN7O5S. The van der Waals surface area contributed by atoms with E-state index in [-0.39, 0.29) is 33.5 Å². The zero-order valence-electron chi connectivity index (χ0n) is 14.1. The van der Waals surface area contributed by atoms with Crippen LogP contribution in [0.25, 0.3) is 0 Å². The number of amides is 2. The second kappa shape index (κ2) is 8.92. The summed E-state index contributed by atoms with van der Waals surface area (Å²) in [5.41, 5.74) is 0.00861. The average molecular weight is 414 g/mol. The summed E-state index contributed by atoms with van der Waals surface area (Å²) in [5, 5.41) is 15.0. The number of nitrogens with zero attached hydrogens (tertiary/aromatic N) is 5. The molecule has 2 amide bonds. The number of anilines is 1. The van der Waals surface area contributed by atoms with Gasteiger partial charge in [0.25, 0.3) is 6.26 Å². The molecule has 2 heterocycles. The van der Waals surface area contributed by atoms with Gasteiger partial charge in [-0.2, -0.15) is 15.1 Å². The van der Waals surface area contributed by atoms with Crippen molar-refractivity contribution in [2.75, 3.05) is 19.5 Å². The highest BCUT2D eigenvalue weighted by Crippen LogP contribution is 2.27. The van der Waals surface area contributed by atoms with Crippen molar-refractivity contribution in [3.05, 3.63) is 16.8 Å². The van der Waals surface area contributed by atoms with E-state index in [2.05, 4.69) is 34.6 Å². The van der Waals surface area contributed by atoms with E-state index in [1.54, 1.807) is 0 Å². The number of aromatic nitrogens is 4. The zero-order valence-corrected chi connectivity index (χ0v) is 15.7. The lowest BCUT2D eigenvalue weighted by molar-refractivity contribution is 0.0596. The van der Waals surface area contributed by atoms with Crippen LogP contribution in [0.15, 0.2) is 11.1 Å². The van der Waals surface area contributed by atoms with Gasteiger partial charge in [0.2, 0.25) is 17.7 Å². The molecule has 0 bridgehead atoms. The van der Waals surface area contributed by atoms with Crippen LogP contribution in [0.2, 0.25) is 5.15 Å². The molecule has 0 aliphatic heterocycles. The minimum Gasteiger partial charge on any atom is -0.481 e. The number of halogens is 1. The third kappa shape index (κ3) is 4.90. The molecule has 0 unspecified atom stereocenters. The Labute approximate surface area is 161 Å². The smallest absolute Gasteiger partial charge is 0.343 e. The van der Waals surface area contributed by atoms with Crippen LogP contribution in [-0.4, -0.2) is 46.0 Å². The molecule has 0 atom stereocenters. The van der Waals surface area contributed by atoms with E-state index in [9.17, 15) is 9.59 Å². The number of aryl methyl sites for hydroxylation is 1. The lowest BCUT2D eigenvalue weighted by Crippen LogP contribution is -2.24. The molecule has 0 aliphatic carbocycles. The van der Waals surface area contributed by atoms with Crippen molar-refractivity contribution in [1.82, 2.24) is 24.5 Å². The summed E-state index contributed by atoms with van der Waals surface area (Å²) in [6.45, 7) is 0. The number of rotatable bonds is 6. The molecule has 0 aliphatic rings. The van der Waals surface area contributed by atoms with Gasteiger partial charge in [-0.15, -0.1) is 5.26 Å². The molecule has 0 fully saturated rings. The van der Waals surface area contributed by atoms with E-state index in [1.165, 1.54) is 38.3 Å². The lowest BCUT2D eigenvalue weighted by Gasteiger charge is -2.08. The molecule has 2 rings (SSSR count). The fourth-order valence-electron chi connectivity index (χ4n) is 1.75. The minimum absolute atomic E-state index is 0.00861. The van der Waals surface area contributed by atoms with E-state index in [4.69, 9.17) is 21.6 Å². The minimum atomic E-state index is -0.732. The topological polar surface area (TPSA) is 153 Å². The molecule has 2 N–H and O–H groups in total. The molecule has 14 heteroatoms. The highest BCUT2D eigenvalue weighted by Gasteiger charge is 2.23. The average Bonchev–Trinajstić information content (AvgIpc) is 2.92. The number of nitriles is 1. The van der Waals surface area contributed by atoms with Gasteiger partial charge in [-0.3, -0.25) is 14.7 Å². The fraction of sp³-hybridized carbons (Fsp3) is 0.231. The van der Waals surface area contributed by atoms with Crippen LogP contribution in [0, 0.1) is 11.5 Å². The van der Waals surface area contributed by atoms with Crippen molar-refractivity contribution in [3.8, 4) is 18.0 Å². The van der Waals surface area contributed by atoms with E-state index < -0.39 is 12.0 Å². The first-order valence-electron chi connectivity index (χ1n) is 6.93. The Balaban J connectivity index is 2.11. The Bertz CT molecular complexity index is 913. The van der Waals surface area contributed by atoms with Gasteiger partial charge in [-0.05, 0) is 0 Å². The Morgan fingerprint density at radius 3 is 2.67 bits per heavy atom. The normalized spacial score (nSPS) is 9.89. The van der Waals surface area contributed by atoms with Crippen LogP contribution in [0.4, 0.5) is 10.7 Å². The molecule has 0 saturated carbocycles. The summed E-state index contributed by atoms with van der Waals surface area (Å²) in [4.78, 5) is 31.6. The van der Waals surface area contributed by atoms with Gasteiger partial charge in [0, 0.05) is 19.0 Å². The Kier molecular flexibility index (Phi) is 6.63. The largest absolute Gasteiger partial charge is 0.481 e. The highest BCUT2D eigenvalue weighted by molar-refractivity contribution is 7.98. The van der Waals surface area contributed by atoms with E-state index in [1.807, 2.05) is 0 Å². The van der Waals surface area contributed by atoms with Gasteiger partial charge in [-0.25, -0.2) is 9.59 Å². The number of carbonyl (C=O) groups excluding carboxylic acids is 2. The molecule has 2 aromatic heterocycles. The third-order valence-electron chi connectivity index (χ3n) is 2.85. The predicted octanol–water partition coefficient (Wildman–Crippen LogP) is 1.35. The van der Waals surface area contributed by atoms with E-state index in [0.29, 0.717) is 0 Å². The number of hydrogen-bond acceptors (Lipinski definition) is 10. The van der Waals surface area contributed by atoms with Crippen LogP contribution in [0.5, 0.6) is 11.8 Å². The lowest BCUT2D eigenvalue weighted by atomic mass is 10.4. The first-order chi connectivity index (χ1) is 12.9. The van der Waals surface area contributed by atoms with Gasteiger partial charge in [0.1, 0.15) is 10.6 Å². The number of nitrogens with one attached hydrogen (secondary N) is 2. The highest BCUT2D eigenvalue weighted by atomic mass is 35.5. The quantitative estimate of drug-likeness (QED) is 0.402. The second-order valence-electron chi connectivity index (χ2n) is 4.51. The second-order valence-corrected chi connectivity index (χ2v) is 5.66. The number of carbonyl (C=O) groups is 2. The van der Waals surface area contributed by atoms with Gasteiger partial charge >= 0.3 is 12.0 Å². The Morgan fingerprint density at radius 2 is 2.04 bits per heavy atom. The van der Waals surface area contributed by atoms with Crippen molar-refractivity contribution in [2.24, 2.45) is 7.05 Å². The predicted molar refractivity (Wildman–Crippen MR) is 92.4 cm³/mol. The summed E-state index contributed by atoms with van der Waals surface area (Å²) in [6.07, 6.45) is 1.45. The Morgan fingerprint density at radius 1 is 1.33 bits per heavy atom. The zero-order chi connectivity index (χ0) is 20.0. The Hall–Kier alpha value is -3.24. The number of methoxy groups -OCH3 is 2. The van der Waals surface area contributed by atoms with Crippen molar-refractivity contribution in [3.63, 3.8) is 0 Å². The standard InChI is InChI=1S/C13H12ClN7O5S/c1-21-10(8(9(14)19-21)11(22)25-3)27-20-13(23)18-12-16-6(24-2)4-7(17-12)26-5-15/h4H,1-3H3,(H2,16,17,18,20,23). The van der Waals surface area contributed by atoms with Gasteiger partial charge in [-0.1, -0.05) is 11.6 Å². The molecule has 12 nitrogen and oxygen atoms in total.